The van der Waals surface area contributed by atoms with Crippen LogP contribution in [0.2, 0.25) is 11.5 Å². The molecule has 0 bridgehead atoms. The Morgan fingerprint density at radius 3 is 1.56 bits per heavy atom. The Bertz CT molecular complexity index is 836. The molecule has 0 aromatic heterocycles. The Morgan fingerprint density at radius 1 is 0.778 bits per heavy atom. The van der Waals surface area contributed by atoms with Gasteiger partial charge in [-0.05, 0) is 0 Å². The van der Waals surface area contributed by atoms with Crippen molar-refractivity contribution in [1.82, 2.24) is 0 Å². The fraction of sp³-hybridized carbons (Fsp3) is 0.304. The SMILES string of the molecule is Cc1cc(-c2ccccc2)c(C)[cH-]1.Cc1cc(C)c(C)[cH-]1.[CH3][Ge]([CH3])=[Zr]([Cl])[Cl]. The van der Waals surface area contributed by atoms with Crippen molar-refractivity contribution in [1.29, 1.82) is 0 Å². The standard InChI is InChI=1S/C13H13.C8H11.C2H6Ge.2ClH.Zr/c1-10-8-11(2)13(9-10)12-6-4-3-5-7-12;1-6-4-7(2)8(3)5-6;1-3-2;;;/h3-9H,1-2H3;4-5H,1-3H3;1-2H3;2*1H;/q2*-1;;;;+2/p-2. The Hall–Kier alpha value is -0.0740. The Balaban J connectivity index is 0.000000224. The van der Waals surface area contributed by atoms with E-state index in [9.17, 15) is 0 Å². The molecule has 0 aliphatic rings. The molecule has 146 valence electrons. The summed E-state index contributed by atoms with van der Waals surface area (Å²) in [5.74, 6) is 4.46. The molecule has 0 N–H and O–H groups in total. The molecule has 0 atom stereocenters. The molecule has 3 aromatic rings. The molecule has 4 heteroatoms. The van der Waals surface area contributed by atoms with Crippen LogP contribution in [-0.2, 0) is 16.2 Å². The number of aryl methyl sites for hydroxylation is 5. The van der Waals surface area contributed by atoms with Gasteiger partial charge in [0.25, 0.3) is 0 Å². The first kappa shape index (κ1) is 25.0. The van der Waals surface area contributed by atoms with Crippen molar-refractivity contribution >= 4 is 27.0 Å². The average molecular weight is 541 g/mol. The van der Waals surface area contributed by atoms with Crippen molar-refractivity contribution in [2.75, 3.05) is 0 Å². The Labute approximate surface area is 181 Å². The van der Waals surface area contributed by atoms with Gasteiger partial charge in [0.1, 0.15) is 0 Å². The predicted molar refractivity (Wildman–Crippen MR) is 122 cm³/mol. The number of halogens is 2. The molecule has 0 saturated heterocycles. The normalized spacial score (nSPS) is 9.67. The molecule has 0 unspecified atom stereocenters. The summed E-state index contributed by atoms with van der Waals surface area (Å²) < 4.78 is 0. The van der Waals surface area contributed by atoms with E-state index in [0.29, 0.717) is 0 Å². The van der Waals surface area contributed by atoms with E-state index in [0.717, 1.165) is 0 Å². The van der Waals surface area contributed by atoms with Gasteiger partial charge in [-0.25, -0.2) is 12.1 Å². The van der Waals surface area contributed by atoms with Crippen LogP contribution < -0.4 is 0 Å². The first-order valence-electron chi connectivity index (χ1n) is 9.10. The van der Waals surface area contributed by atoms with Crippen LogP contribution in [-0.4, -0.2) is 9.98 Å². The first-order valence-corrected chi connectivity index (χ1v) is 27.1. The average Bonchev–Trinajstić information content (AvgIpc) is 3.09. The molecular formula is C23H30Cl2GeZr-2. The number of hydrogen-bond acceptors (Lipinski definition) is 0. The zero-order chi connectivity index (χ0) is 20.6. The van der Waals surface area contributed by atoms with Gasteiger partial charge < -0.3 is 0 Å². The van der Waals surface area contributed by atoms with Crippen LogP contribution in [0.15, 0.2) is 54.6 Å². The molecule has 0 radical (unpaired) electrons. The quantitative estimate of drug-likeness (QED) is 0.215. The Morgan fingerprint density at radius 2 is 1.26 bits per heavy atom. The van der Waals surface area contributed by atoms with Crippen LogP contribution in [0, 0.1) is 34.6 Å². The minimum atomic E-state index is -1.59. The molecule has 0 fully saturated rings. The number of benzene rings is 1. The molecule has 27 heavy (non-hydrogen) atoms. The summed E-state index contributed by atoms with van der Waals surface area (Å²) in [5.41, 5.74) is 9.57. The van der Waals surface area contributed by atoms with Crippen molar-refractivity contribution < 1.29 is 16.2 Å². The van der Waals surface area contributed by atoms with Crippen LogP contribution in [0.1, 0.15) is 27.8 Å². The van der Waals surface area contributed by atoms with Gasteiger partial charge in [0.05, 0.1) is 0 Å². The van der Waals surface area contributed by atoms with Gasteiger partial charge in [-0.1, -0.05) is 70.5 Å². The maximum absolute atomic E-state index is 5.65. The third-order valence-corrected chi connectivity index (χ3v) is 38.7. The van der Waals surface area contributed by atoms with E-state index in [1.807, 2.05) is 0 Å². The van der Waals surface area contributed by atoms with Gasteiger partial charge >= 0.3 is 54.8 Å². The summed E-state index contributed by atoms with van der Waals surface area (Å²) >= 11 is -1.59. The second kappa shape index (κ2) is 12.5. The monoisotopic (exact) mass is 540 g/mol. The number of hydrogen-bond donors (Lipinski definition) is 0. The van der Waals surface area contributed by atoms with Crippen LogP contribution in [0.25, 0.3) is 11.1 Å². The van der Waals surface area contributed by atoms with Crippen molar-refractivity contribution in [3.05, 3.63) is 82.4 Å². The van der Waals surface area contributed by atoms with Gasteiger partial charge in [-0.2, -0.15) is 45.5 Å². The second-order valence-corrected chi connectivity index (χ2v) is 45.1. The third-order valence-electron chi connectivity index (χ3n) is 4.21. The maximum atomic E-state index is 5.65. The van der Waals surface area contributed by atoms with Crippen LogP contribution >= 0.6 is 17.0 Å². The first-order chi connectivity index (χ1) is 12.6. The summed E-state index contributed by atoms with van der Waals surface area (Å²) in [6.07, 6.45) is 0. The van der Waals surface area contributed by atoms with Crippen LogP contribution in [0.4, 0.5) is 0 Å². The van der Waals surface area contributed by atoms with Gasteiger partial charge in [-0.3, -0.25) is 0 Å². The van der Waals surface area contributed by atoms with E-state index in [1.165, 1.54) is 38.9 Å². The summed E-state index contributed by atoms with van der Waals surface area (Å²) in [4.78, 5) is 0. The molecule has 0 amide bonds. The topological polar surface area (TPSA) is 0 Å². The van der Waals surface area contributed by atoms with E-state index in [2.05, 4.69) is 101 Å². The van der Waals surface area contributed by atoms with Gasteiger partial charge in [-0.15, -0.1) is 0 Å². The zero-order valence-electron chi connectivity index (χ0n) is 17.5. The van der Waals surface area contributed by atoms with E-state index < -0.39 is 26.2 Å². The fourth-order valence-electron chi connectivity index (χ4n) is 2.68. The molecular weight excluding hydrogens is 511 g/mol. The molecule has 3 aromatic carbocycles. The zero-order valence-corrected chi connectivity index (χ0v) is 23.5. The van der Waals surface area contributed by atoms with Gasteiger partial charge in [0.15, 0.2) is 0 Å². The molecule has 0 nitrogen and oxygen atoms in total. The molecule has 0 aliphatic carbocycles. The molecule has 0 saturated carbocycles. The predicted octanol–water partition coefficient (Wildman–Crippen LogP) is 8.18. The summed E-state index contributed by atoms with van der Waals surface area (Å²) in [5, 5.41) is 0. The molecule has 3 rings (SSSR count). The third kappa shape index (κ3) is 9.31. The van der Waals surface area contributed by atoms with E-state index in [-0.39, 0.29) is 0 Å². The van der Waals surface area contributed by atoms with E-state index in [4.69, 9.17) is 17.0 Å². The summed E-state index contributed by atoms with van der Waals surface area (Å²) in [6, 6.07) is 19.4. The van der Waals surface area contributed by atoms with E-state index >= 15 is 0 Å². The molecule has 0 heterocycles. The second-order valence-electron chi connectivity index (χ2n) is 7.15. The van der Waals surface area contributed by atoms with Crippen molar-refractivity contribution in [2.24, 2.45) is 0 Å². The van der Waals surface area contributed by atoms with Gasteiger partial charge in [0, 0.05) is 0 Å². The minimum absolute atomic E-state index is 0.735. The van der Waals surface area contributed by atoms with Gasteiger partial charge in [0.2, 0.25) is 0 Å². The van der Waals surface area contributed by atoms with Crippen molar-refractivity contribution in [3.8, 4) is 11.1 Å². The molecule has 0 aliphatic heterocycles. The van der Waals surface area contributed by atoms with Crippen molar-refractivity contribution in [3.63, 3.8) is 0 Å². The van der Waals surface area contributed by atoms with Crippen LogP contribution in [0.3, 0.4) is 0 Å². The number of rotatable bonds is 1. The Kier molecular flexibility index (Phi) is 11.5. The fourth-order valence-corrected chi connectivity index (χ4v) is 2.68. The summed E-state index contributed by atoms with van der Waals surface area (Å²) in [6.45, 7) is 10.7. The van der Waals surface area contributed by atoms with Crippen molar-refractivity contribution in [2.45, 2.75) is 46.1 Å². The van der Waals surface area contributed by atoms with Crippen LogP contribution in [0.5, 0.6) is 0 Å². The van der Waals surface area contributed by atoms with E-state index in [1.54, 1.807) is 0 Å². The summed E-state index contributed by atoms with van der Waals surface area (Å²) in [7, 11) is 10.6. The molecule has 0 spiro atoms.